The van der Waals surface area contributed by atoms with Gasteiger partial charge in [0.1, 0.15) is 0 Å². The van der Waals surface area contributed by atoms with E-state index in [4.69, 9.17) is 0 Å². The fourth-order valence-corrected chi connectivity index (χ4v) is 5.28. The van der Waals surface area contributed by atoms with Gasteiger partial charge in [-0.25, -0.2) is 8.42 Å². The Kier molecular flexibility index (Phi) is 6.85. The van der Waals surface area contributed by atoms with Crippen LogP contribution in [0.25, 0.3) is 0 Å². The highest BCUT2D eigenvalue weighted by molar-refractivity contribution is 7.89. The van der Waals surface area contributed by atoms with Gasteiger partial charge in [-0.3, -0.25) is 14.5 Å². The van der Waals surface area contributed by atoms with Crippen molar-refractivity contribution in [3.63, 3.8) is 0 Å². The minimum Gasteiger partial charge on any atom is -0.352 e. The number of carbonyl (C=O) groups is 2. The van der Waals surface area contributed by atoms with Crippen molar-refractivity contribution >= 4 is 21.7 Å². The van der Waals surface area contributed by atoms with Gasteiger partial charge in [0.05, 0.1) is 11.4 Å². The molecule has 1 aliphatic carbocycles. The van der Waals surface area contributed by atoms with Crippen molar-refractivity contribution in [3.05, 3.63) is 29.8 Å². The number of hydrogen-bond donors (Lipinski definition) is 1. The number of benzene rings is 1. The number of sulfonamides is 1. The van der Waals surface area contributed by atoms with E-state index < -0.39 is 10.0 Å². The van der Waals surface area contributed by atoms with Crippen molar-refractivity contribution in [1.82, 2.24) is 14.5 Å². The summed E-state index contributed by atoms with van der Waals surface area (Å²) in [5, 5.41) is 3.11. The van der Waals surface area contributed by atoms with E-state index in [2.05, 4.69) is 5.32 Å². The maximum atomic E-state index is 12.8. The summed E-state index contributed by atoms with van der Waals surface area (Å²) in [7, 11) is -3.58. The molecule has 2 fully saturated rings. The summed E-state index contributed by atoms with van der Waals surface area (Å²) in [6.45, 7) is 3.54. The van der Waals surface area contributed by atoms with Crippen molar-refractivity contribution < 1.29 is 18.0 Å². The van der Waals surface area contributed by atoms with E-state index in [1.165, 1.54) is 42.6 Å². The number of rotatable bonds is 6. The quantitative estimate of drug-likeness (QED) is 0.725. The molecular weight excluding hydrogens is 378 g/mol. The molecule has 1 heterocycles. The zero-order valence-corrected chi connectivity index (χ0v) is 17.2. The van der Waals surface area contributed by atoms with Crippen molar-refractivity contribution in [3.8, 4) is 0 Å². The molecule has 0 unspecified atom stereocenters. The van der Waals surface area contributed by atoms with E-state index in [1.54, 1.807) is 12.1 Å². The van der Waals surface area contributed by atoms with Crippen LogP contribution in [-0.4, -0.2) is 68.1 Å². The van der Waals surface area contributed by atoms with Crippen LogP contribution in [-0.2, 0) is 14.8 Å². The van der Waals surface area contributed by atoms with E-state index in [1.807, 2.05) is 4.90 Å². The lowest BCUT2D eigenvalue weighted by Crippen LogP contribution is -2.51. The SMILES string of the molecule is CC(=O)c1ccc(S(=O)(=O)N2CCN(CC(=O)NC3CCCCC3)CC2)cc1. The van der Waals surface area contributed by atoms with Crippen LogP contribution < -0.4 is 5.32 Å². The highest BCUT2D eigenvalue weighted by Crippen LogP contribution is 2.19. The first-order chi connectivity index (χ1) is 13.4. The van der Waals surface area contributed by atoms with E-state index >= 15 is 0 Å². The average molecular weight is 408 g/mol. The molecule has 7 nitrogen and oxygen atoms in total. The lowest BCUT2D eigenvalue weighted by molar-refractivity contribution is -0.123. The lowest BCUT2D eigenvalue weighted by Gasteiger charge is -2.34. The van der Waals surface area contributed by atoms with Gasteiger partial charge in [-0.05, 0) is 31.9 Å². The molecule has 0 spiro atoms. The molecule has 1 aromatic carbocycles. The molecule has 1 N–H and O–H groups in total. The number of carbonyl (C=O) groups excluding carboxylic acids is 2. The molecule has 8 heteroatoms. The van der Waals surface area contributed by atoms with Crippen LogP contribution in [0, 0.1) is 0 Å². The van der Waals surface area contributed by atoms with Crippen LogP contribution in [0.2, 0.25) is 0 Å². The second-order valence-corrected chi connectivity index (χ2v) is 9.60. The van der Waals surface area contributed by atoms with Crippen LogP contribution in [0.3, 0.4) is 0 Å². The molecule has 1 aliphatic heterocycles. The minimum absolute atomic E-state index is 0.0306. The predicted octanol–water partition coefficient (Wildman–Crippen LogP) is 1.64. The molecule has 28 heavy (non-hydrogen) atoms. The van der Waals surface area contributed by atoms with Crippen molar-refractivity contribution in [2.75, 3.05) is 32.7 Å². The van der Waals surface area contributed by atoms with Crippen LogP contribution in [0.15, 0.2) is 29.2 Å². The number of Topliss-reactive ketones (excluding diaryl/α,β-unsaturated/α-hetero) is 1. The van der Waals surface area contributed by atoms with Gasteiger partial charge in [0, 0.05) is 37.8 Å². The third-order valence-electron chi connectivity index (χ3n) is 5.57. The molecule has 0 radical (unpaired) electrons. The van der Waals surface area contributed by atoms with Gasteiger partial charge in [0.25, 0.3) is 0 Å². The lowest BCUT2D eigenvalue weighted by atomic mass is 9.95. The number of ketones is 1. The Balaban J connectivity index is 1.51. The number of hydrogen-bond acceptors (Lipinski definition) is 5. The largest absolute Gasteiger partial charge is 0.352 e. The molecule has 1 saturated heterocycles. The van der Waals surface area contributed by atoms with E-state index in [-0.39, 0.29) is 16.6 Å². The Hall–Kier alpha value is -1.77. The third-order valence-corrected chi connectivity index (χ3v) is 7.48. The van der Waals surface area contributed by atoms with E-state index in [0.717, 1.165) is 12.8 Å². The van der Waals surface area contributed by atoms with Crippen LogP contribution in [0.4, 0.5) is 0 Å². The summed E-state index contributed by atoms with van der Waals surface area (Å²) in [5.74, 6) is -0.0629. The molecule has 1 amide bonds. The van der Waals surface area contributed by atoms with Crippen molar-refractivity contribution in [2.24, 2.45) is 0 Å². The van der Waals surface area contributed by atoms with Gasteiger partial charge in [0.15, 0.2) is 5.78 Å². The molecular formula is C20H29N3O4S. The molecule has 1 aromatic rings. The second kappa shape index (κ2) is 9.15. The van der Waals surface area contributed by atoms with Gasteiger partial charge < -0.3 is 5.32 Å². The maximum absolute atomic E-state index is 12.8. The zero-order chi connectivity index (χ0) is 20.1. The topological polar surface area (TPSA) is 86.8 Å². The molecule has 0 aromatic heterocycles. The normalized spacial score (nSPS) is 20.0. The zero-order valence-electron chi connectivity index (χ0n) is 16.4. The summed E-state index contributed by atoms with van der Waals surface area (Å²) in [4.78, 5) is 25.8. The minimum atomic E-state index is -3.58. The average Bonchev–Trinajstić information content (AvgIpc) is 2.69. The van der Waals surface area contributed by atoms with E-state index in [9.17, 15) is 18.0 Å². The molecule has 154 valence electrons. The van der Waals surface area contributed by atoms with Crippen LogP contribution in [0.5, 0.6) is 0 Å². The van der Waals surface area contributed by atoms with Crippen molar-refractivity contribution in [1.29, 1.82) is 0 Å². The van der Waals surface area contributed by atoms with Crippen LogP contribution >= 0.6 is 0 Å². The Morgan fingerprint density at radius 1 is 1.00 bits per heavy atom. The third kappa shape index (κ3) is 5.18. The van der Waals surface area contributed by atoms with Gasteiger partial charge >= 0.3 is 0 Å². The number of piperazine rings is 1. The molecule has 2 aliphatic rings. The monoisotopic (exact) mass is 407 g/mol. The molecule has 0 atom stereocenters. The standard InChI is InChI=1S/C20H29N3O4S/c1-16(24)17-7-9-19(10-8-17)28(26,27)23-13-11-22(12-14-23)15-20(25)21-18-5-3-2-4-6-18/h7-10,18H,2-6,11-15H2,1H3,(H,21,25). The fraction of sp³-hybridized carbons (Fsp3) is 0.600. The first kappa shape index (κ1) is 21.0. The van der Waals surface area contributed by atoms with Gasteiger partial charge in [-0.15, -0.1) is 0 Å². The highest BCUT2D eigenvalue weighted by Gasteiger charge is 2.29. The number of amides is 1. The smallest absolute Gasteiger partial charge is 0.243 e. The maximum Gasteiger partial charge on any atom is 0.243 e. The van der Waals surface area contributed by atoms with Crippen LogP contribution in [0.1, 0.15) is 49.4 Å². The first-order valence-electron chi connectivity index (χ1n) is 9.99. The van der Waals surface area contributed by atoms with Gasteiger partial charge in [-0.1, -0.05) is 31.4 Å². The molecule has 3 rings (SSSR count). The summed E-state index contributed by atoms with van der Waals surface area (Å²) >= 11 is 0. The summed E-state index contributed by atoms with van der Waals surface area (Å²) in [5.41, 5.74) is 0.493. The highest BCUT2D eigenvalue weighted by atomic mass is 32.2. The summed E-state index contributed by atoms with van der Waals surface area (Å²) < 4.78 is 27.1. The Labute approximate surface area is 167 Å². The number of nitrogens with one attached hydrogen (secondary N) is 1. The Morgan fingerprint density at radius 2 is 1.61 bits per heavy atom. The first-order valence-corrected chi connectivity index (χ1v) is 11.4. The van der Waals surface area contributed by atoms with Crippen molar-refractivity contribution in [2.45, 2.75) is 50.0 Å². The summed E-state index contributed by atoms with van der Waals surface area (Å²) in [6.07, 6.45) is 5.71. The fourth-order valence-electron chi connectivity index (χ4n) is 3.86. The number of nitrogens with zero attached hydrogens (tertiary/aromatic N) is 2. The Bertz CT molecular complexity index is 793. The molecule has 0 bridgehead atoms. The molecule has 1 saturated carbocycles. The summed E-state index contributed by atoms with van der Waals surface area (Å²) in [6, 6.07) is 6.34. The second-order valence-electron chi connectivity index (χ2n) is 7.66. The van der Waals surface area contributed by atoms with E-state index in [0.29, 0.717) is 44.3 Å². The van der Waals surface area contributed by atoms with Gasteiger partial charge in [0.2, 0.25) is 15.9 Å². The predicted molar refractivity (Wildman–Crippen MR) is 107 cm³/mol. The van der Waals surface area contributed by atoms with Gasteiger partial charge in [-0.2, -0.15) is 4.31 Å². The Morgan fingerprint density at radius 3 is 2.18 bits per heavy atom.